The van der Waals surface area contributed by atoms with Crippen molar-refractivity contribution >= 4 is 12.5 Å². The van der Waals surface area contributed by atoms with Gasteiger partial charge in [-0.05, 0) is 85.4 Å². The number of hydrogen-bond donors (Lipinski definition) is 2. The third-order valence-corrected chi connectivity index (χ3v) is 5.47. The van der Waals surface area contributed by atoms with E-state index >= 15 is 0 Å². The molecule has 0 radical (unpaired) electrons. The summed E-state index contributed by atoms with van der Waals surface area (Å²) in [4.78, 5) is 23.3. The Bertz CT molecular complexity index is 714. The molecule has 0 aromatic carbocycles. The molecular formula is C28H50N6O. The molecule has 198 valence electrons. The first kappa shape index (κ1) is 32.8. The van der Waals surface area contributed by atoms with Gasteiger partial charge in [-0.1, -0.05) is 25.1 Å². The fourth-order valence-electron chi connectivity index (χ4n) is 3.57. The highest BCUT2D eigenvalue weighted by Crippen LogP contribution is 2.17. The third-order valence-electron chi connectivity index (χ3n) is 5.47. The van der Waals surface area contributed by atoms with E-state index < -0.39 is 0 Å². The molecule has 0 bridgehead atoms. The van der Waals surface area contributed by atoms with Crippen LogP contribution in [0, 0.1) is 0 Å². The molecule has 1 aliphatic heterocycles. The van der Waals surface area contributed by atoms with E-state index in [1.54, 1.807) is 7.05 Å². The minimum atomic E-state index is -0.00218. The average molecular weight is 487 g/mol. The van der Waals surface area contributed by atoms with Crippen molar-refractivity contribution in [3.05, 3.63) is 53.5 Å². The van der Waals surface area contributed by atoms with Gasteiger partial charge >= 0.3 is 0 Å². The Balaban J connectivity index is 0.000000453. The van der Waals surface area contributed by atoms with Crippen LogP contribution in [0.15, 0.2) is 47.2 Å². The van der Waals surface area contributed by atoms with Crippen LogP contribution < -0.4 is 10.6 Å². The number of pyridine rings is 1. The molecule has 0 amide bonds. The highest BCUT2D eigenvalue weighted by atomic mass is 16.1. The van der Waals surface area contributed by atoms with Gasteiger partial charge in [0.25, 0.3) is 0 Å². The lowest BCUT2D eigenvalue weighted by molar-refractivity contribution is -0.112. The second-order valence-corrected chi connectivity index (χ2v) is 8.66. The molecule has 1 aromatic rings. The Kier molecular flexibility index (Phi) is 20.9. The smallest absolute Gasteiger partial charge is 0.154 e. The molecule has 1 fully saturated rings. The van der Waals surface area contributed by atoms with E-state index in [9.17, 15) is 4.79 Å². The van der Waals surface area contributed by atoms with Crippen LogP contribution in [-0.4, -0.2) is 87.8 Å². The first-order chi connectivity index (χ1) is 16.9. The molecule has 0 atom stereocenters. The van der Waals surface area contributed by atoms with Gasteiger partial charge in [-0.2, -0.15) is 0 Å². The molecule has 1 aliphatic carbocycles. The number of carbonyl (C=O) groups is 1. The lowest BCUT2D eigenvalue weighted by atomic mass is 9.96. The summed E-state index contributed by atoms with van der Waals surface area (Å²) >= 11 is 0. The number of ketones is 1. The van der Waals surface area contributed by atoms with Crippen molar-refractivity contribution in [1.29, 1.82) is 0 Å². The van der Waals surface area contributed by atoms with E-state index in [1.807, 2.05) is 26.2 Å². The zero-order valence-corrected chi connectivity index (χ0v) is 23.1. The molecule has 0 spiro atoms. The number of nitrogens with one attached hydrogen (secondary N) is 2. The Morgan fingerprint density at radius 1 is 1.17 bits per heavy atom. The molecule has 7 heteroatoms. The van der Waals surface area contributed by atoms with Crippen LogP contribution in [0.4, 0.5) is 0 Å². The maximum Gasteiger partial charge on any atom is 0.154 e. The van der Waals surface area contributed by atoms with Crippen LogP contribution in [0.2, 0.25) is 0 Å². The number of allylic oxidation sites excluding steroid dienone is 3. The number of carbonyl (C=O) groups excluding carboxylic acids is 1. The molecule has 1 aromatic heterocycles. The summed E-state index contributed by atoms with van der Waals surface area (Å²) in [6, 6.07) is 4.23. The standard InChI is InChI=1S/C9H11N.C7H17N3.C7H12N2O.C5H10/c1-2-6-9-8(4-1)5-3-7-10-9;1-8-7-10-5-3-9(2)4-6-10;1-6(10)4-7(9-3)5-8-2;1-3-5-4-2/h3,5,7H,1-2,4,6H2;8H,3-7H2,1-2H3;4,8H,3,5H2,1-2H3;3,5H,4H2,1-2H3/b;;7-4+;5-3-. The SMILES string of the molecule is C/C=C\CC.C=N/C(=C/C(C)=O)CNC.CNCN1CCN(C)CC1.c1cnc2c(c1)CCCC2. The summed E-state index contributed by atoms with van der Waals surface area (Å²) in [5.74, 6) is -0.00218. The summed E-state index contributed by atoms with van der Waals surface area (Å²) in [5.41, 5.74) is 3.47. The van der Waals surface area contributed by atoms with Crippen LogP contribution in [0.1, 0.15) is 51.3 Å². The van der Waals surface area contributed by atoms with E-state index in [4.69, 9.17) is 0 Å². The van der Waals surface area contributed by atoms with E-state index in [1.165, 1.54) is 76.1 Å². The second kappa shape index (κ2) is 22.3. The number of piperazine rings is 1. The number of likely N-dealkylation sites (N-methyl/N-ethyl adjacent to an activating group) is 2. The lowest BCUT2D eigenvalue weighted by Crippen LogP contribution is -2.47. The number of aliphatic imine (C=N–C) groups is 1. The molecule has 2 heterocycles. The molecule has 0 unspecified atom stereocenters. The molecular weight excluding hydrogens is 436 g/mol. The largest absolute Gasteiger partial charge is 0.314 e. The van der Waals surface area contributed by atoms with Gasteiger partial charge < -0.3 is 15.5 Å². The number of nitrogens with zero attached hydrogens (tertiary/aromatic N) is 4. The highest BCUT2D eigenvalue weighted by molar-refractivity contribution is 5.88. The van der Waals surface area contributed by atoms with Crippen molar-refractivity contribution in [2.24, 2.45) is 4.99 Å². The van der Waals surface area contributed by atoms with Crippen LogP contribution in [0.3, 0.4) is 0 Å². The Morgan fingerprint density at radius 2 is 1.86 bits per heavy atom. The predicted molar refractivity (Wildman–Crippen MR) is 151 cm³/mol. The van der Waals surface area contributed by atoms with Gasteiger partial charge in [0.15, 0.2) is 5.78 Å². The molecule has 1 saturated heterocycles. The fourth-order valence-corrected chi connectivity index (χ4v) is 3.57. The summed E-state index contributed by atoms with van der Waals surface area (Å²) in [5, 5.41) is 6.03. The van der Waals surface area contributed by atoms with Crippen LogP contribution in [0.5, 0.6) is 0 Å². The van der Waals surface area contributed by atoms with Gasteiger partial charge in [0.1, 0.15) is 0 Å². The summed E-state index contributed by atoms with van der Waals surface area (Å²) < 4.78 is 0. The molecule has 2 aliphatic rings. The van der Waals surface area contributed by atoms with Crippen LogP contribution in [0.25, 0.3) is 0 Å². The summed E-state index contributed by atoms with van der Waals surface area (Å²) in [7, 11) is 5.97. The lowest BCUT2D eigenvalue weighted by Gasteiger charge is -2.31. The van der Waals surface area contributed by atoms with Gasteiger partial charge in [-0.15, -0.1) is 0 Å². The molecule has 0 saturated carbocycles. The van der Waals surface area contributed by atoms with E-state index in [-0.39, 0.29) is 5.78 Å². The van der Waals surface area contributed by atoms with Crippen molar-refractivity contribution in [3.63, 3.8) is 0 Å². The topological polar surface area (TPSA) is 72.9 Å². The molecule has 2 N–H and O–H groups in total. The molecule has 35 heavy (non-hydrogen) atoms. The van der Waals surface area contributed by atoms with E-state index in [0.29, 0.717) is 12.2 Å². The van der Waals surface area contributed by atoms with Crippen molar-refractivity contribution < 1.29 is 4.79 Å². The summed E-state index contributed by atoms with van der Waals surface area (Å²) in [6.45, 7) is 15.4. The minimum Gasteiger partial charge on any atom is -0.314 e. The van der Waals surface area contributed by atoms with Crippen molar-refractivity contribution in [2.45, 2.75) is 52.9 Å². The maximum atomic E-state index is 10.5. The number of aromatic nitrogens is 1. The summed E-state index contributed by atoms with van der Waals surface area (Å²) in [6.07, 6.45) is 13.8. The van der Waals surface area contributed by atoms with Crippen molar-refractivity contribution in [1.82, 2.24) is 25.4 Å². The molecule has 7 nitrogen and oxygen atoms in total. The van der Waals surface area contributed by atoms with Crippen LogP contribution >= 0.6 is 0 Å². The third kappa shape index (κ3) is 17.8. The van der Waals surface area contributed by atoms with E-state index in [0.717, 1.165) is 13.1 Å². The average Bonchev–Trinajstić information content (AvgIpc) is 2.87. The Morgan fingerprint density at radius 3 is 2.34 bits per heavy atom. The number of fused-ring (bicyclic) bond motifs is 1. The van der Waals surface area contributed by atoms with Gasteiger partial charge in [0.05, 0.1) is 5.70 Å². The molecule has 3 rings (SSSR count). The fraction of sp³-hybridized carbons (Fsp3) is 0.607. The number of hydrogen-bond acceptors (Lipinski definition) is 7. The number of rotatable bonds is 7. The zero-order chi connectivity index (χ0) is 26.3. The van der Waals surface area contributed by atoms with Gasteiger partial charge in [0, 0.05) is 57.4 Å². The normalized spacial score (nSPS) is 16.0. The van der Waals surface area contributed by atoms with Gasteiger partial charge in [-0.25, -0.2) is 0 Å². The Hall–Kier alpha value is -2.19. The van der Waals surface area contributed by atoms with Crippen molar-refractivity contribution in [2.75, 3.05) is 60.5 Å². The quantitative estimate of drug-likeness (QED) is 0.348. The second-order valence-electron chi connectivity index (χ2n) is 8.66. The van der Waals surface area contributed by atoms with Crippen LogP contribution in [-0.2, 0) is 17.6 Å². The van der Waals surface area contributed by atoms with Crippen molar-refractivity contribution in [3.8, 4) is 0 Å². The first-order valence-electron chi connectivity index (χ1n) is 12.8. The minimum absolute atomic E-state index is 0.00218. The van der Waals surface area contributed by atoms with E-state index in [2.05, 4.69) is 69.3 Å². The maximum absolute atomic E-state index is 10.5. The van der Waals surface area contributed by atoms with Gasteiger partial charge in [-0.3, -0.25) is 19.7 Å². The first-order valence-corrected chi connectivity index (χ1v) is 12.8. The monoisotopic (exact) mass is 486 g/mol. The Labute approximate surface area is 214 Å². The highest BCUT2D eigenvalue weighted by Gasteiger charge is 2.11. The predicted octanol–water partition coefficient (Wildman–Crippen LogP) is 3.72. The zero-order valence-electron chi connectivity index (χ0n) is 23.1. The van der Waals surface area contributed by atoms with Gasteiger partial charge in [0.2, 0.25) is 0 Å². The number of aryl methyl sites for hydroxylation is 2.